The van der Waals surface area contributed by atoms with Gasteiger partial charge in [0.1, 0.15) is 0 Å². The van der Waals surface area contributed by atoms with E-state index in [4.69, 9.17) is 5.73 Å². The summed E-state index contributed by atoms with van der Waals surface area (Å²) in [7, 11) is 0. The van der Waals surface area contributed by atoms with Gasteiger partial charge in [0.25, 0.3) is 0 Å². The van der Waals surface area contributed by atoms with Crippen molar-refractivity contribution in [1.82, 2.24) is 4.98 Å². The van der Waals surface area contributed by atoms with Gasteiger partial charge in [-0.2, -0.15) is 0 Å². The van der Waals surface area contributed by atoms with Crippen molar-refractivity contribution in [3.63, 3.8) is 0 Å². The van der Waals surface area contributed by atoms with Crippen LogP contribution in [0, 0.1) is 6.92 Å². The zero-order chi connectivity index (χ0) is 12.3. The second-order valence-electron chi connectivity index (χ2n) is 2.98. The number of hydrogen-bond donors (Lipinski definition) is 1. The number of nitrogens with two attached hydrogens (primary N) is 1. The van der Waals surface area contributed by atoms with Gasteiger partial charge in [-0.1, -0.05) is 0 Å². The van der Waals surface area contributed by atoms with Crippen LogP contribution in [0.15, 0.2) is 6.20 Å². The fourth-order valence-corrected chi connectivity index (χ4v) is 1.17. The molecule has 0 aliphatic heterocycles. The number of alkyl halides is 3. The van der Waals surface area contributed by atoms with Crippen LogP contribution in [0.25, 0.3) is 0 Å². The van der Waals surface area contributed by atoms with Crippen molar-refractivity contribution in [3.05, 3.63) is 23.0 Å². The maximum absolute atomic E-state index is 12.1. The summed E-state index contributed by atoms with van der Waals surface area (Å²) >= 11 is 0. The summed E-state index contributed by atoms with van der Waals surface area (Å²) in [6.07, 6.45) is -3.27. The molecule has 16 heavy (non-hydrogen) atoms. The van der Waals surface area contributed by atoms with Crippen LogP contribution >= 0.6 is 0 Å². The number of aromatic nitrogens is 1. The Balaban J connectivity index is 3.26. The zero-order valence-corrected chi connectivity index (χ0v) is 8.34. The zero-order valence-electron chi connectivity index (χ0n) is 8.34. The minimum Gasteiger partial charge on any atom is -0.403 e. The molecule has 0 aromatic carbocycles. The summed E-state index contributed by atoms with van der Waals surface area (Å²) in [4.78, 5) is 14.2. The molecule has 1 heterocycles. The summed E-state index contributed by atoms with van der Waals surface area (Å²) in [5.41, 5.74) is 5.30. The molecule has 0 aliphatic rings. The third kappa shape index (κ3) is 2.69. The van der Waals surface area contributed by atoms with Crippen molar-refractivity contribution < 1.29 is 22.7 Å². The number of halogens is 3. The van der Waals surface area contributed by atoms with E-state index in [1.165, 1.54) is 6.92 Å². The molecule has 0 unspecified atom stereocenters. The number of ether oxygens (including phenoxy) is 1. The molecule has 1 rings (SSSR count). The summed E-state index contributed by atoms with van der Waals surface area (Å²) in [6.45, 7) is 1.14. The van der Waals surface area contributed by atoms with E-state index in [1.54, 1.807) is 0 Å². The Labute approximate surface area is 89.2 Å². The number of rotatable bonds is 3. The lowest BCUT2D eigenvalue weighted by molar-refractivity contribution is -0.275. The third-order valence-corrected chi connectivity index (χ3v) is 1.93. The van der Waals surface area contributed by atoms with Crippen molar-refractivity contribution in [2.45, 2.75) is 19.8 Å². The second-order valence-corrected chi connectivity index (χ2v) is 2.98. The number of carbonyl (C=O) groups is 1. The van der Waals surface area contributed by atoms with Crippen molar-refractivity contribution in [3.8, 4) is 5.75 Å². The molecule has 0 aliphatic carbocycles. The van der Waals surface area contributed by atoms with Gasteiger partial charge in [-0.05, 0) is 6.92 Å². The SMILES string of the molecule is Cc1c(C=O)cnc(CN)c1OC(F)(F)F. The lowest BCUT2D eigenvalue weighted by Gasteiger charge is -2.14. The van der Waals surface area contributed by atoms with E-state index in [2.05, 4.69) is 9.72 Å². The fraction of sp³-hybridized carbons (Fsp3) is 0.333. The summed E-state index contributed by atoms with van der Waals surface area (Å²) in [5.74, 6) is -0.500. The highest BCUT2D eigenvalue weighted by atomic mass is 19.4. The molecule has 0 amide bonds. The van der Waals surface area contributed by atoms with E-state index in [9.17, 15) is 18.0 Å². The number of hydrogen-bond acceptors (Lipinski definition) is 4. The molecule has 0 fully saturated rings. The largest absolute Gasteiger partial charge is 0.573 e. The predicted octanol–water partition coefficient (Wildman–Crippen LogP) is 1.56. The minimum atomic E-state index is -4.84. The molecule has 4 nitrogen and oxygen atoms in total. The Hall–Kier alpha value is -1.63. The Kier molecular flexibility index (Phi) is 3.48. The minimum absolute atomic E-state index is 0.0384. The molecule has 0 bridgehead atoms. The predicted molar refractivity (Wildman–Crippen MR) is 48.9 cm³/mol. The highest BCUT2D eigenvalue weighted by Gasteiger charge is 2.33. The lowest BCUT2D eigenvalue weighted by Crippen LogP contribution is -2.20. The van der Waals surface area contributed by atoms with Crippen LogP contribution in [0.2, 0.25) is 0 Å². The van der Waals surface area contributed by atoms with E-state index >= 15 is 0 Å². The van der Waals surface area contributed by atoms with Gasteiger partial charge in [-0.3, -0.25) is 9.78 Å². The molecular formula is C9H9F3N2O2. The van der Waals surface area contributed by atoms with Crippen molar-refractivity contribution in [1.29, 1.82) is 0 Å². The fourth-order valence-electron chi connectivity index (χ4n) is 1.17. The van der Waals surface area contributed by atoms with Crippen LogP contribution in [0.4, 0.5) is 13.2 Å². The van der Waals surface area contributed by atoms with E-state index in [-0.39, 0.29) is 23.4 Å². The van der Waals surface area contributed by atoms with E-state index in [0.29, 0.717) is 6.29 Å². The maximum atomic E-state index is 12.1. The van der Waals surface area contributed by atoms with Crippen molar-refractivity contribution in [2.24, 2.45) is 5.73 Å². The monoisotopic (exact) mass is 234 g/mol. The van der Waals surface area contributed by atoms with Crippen LogP contribution in [0.5, 0.6) is 5.75 Å². The van der Waals surface area contributed by atoms with Gasteiger partial charge in [0.2, 0.25) is 0 Å². The van der Waals surface area contributed by atoms with Gasteiger partial charge in [0, 0.05) is 23.9 Å². The standard InChI is InChI=1S/C9H9F3N2O2/c1-5-6(4-15)3-14-7(2-13)8(5)16-9(10,11)12/h3-4H,2,13H2,1H3. The first-order valence-corrected chi connectivity index (χ1v) is 4.28. The van der Waals surface area contributed by atoms with E-state index < -0.39 is 12.1 Å². The van der Waals surface area contributed by atoms with Gasteiger partial charge in [-0.15, -0.1) is 13.2 Å². The van der Waals surface area contributed by atoms with E-state index in [1.807, 2.05) is 0 Å². The number of pyridine rings is 1. The number of aldehydes is 1. The summed E-state index contributed by atoms with van der Waals surface area (Å²) < 4.78 is 40.1. The average molecular weight is 234 g/mol. The van der Waals surface area contributed by atoms with Crippen LogP contribution in [-0.2, 0) is 6.54 Å². The molecular weight excluding hydrogens is 225 g/mol. The van der Waals surface area contributed by atoms with Gasteiger partial charge in [0.15, 0.2) is 12.0 Å². The molecule has 1 aromatic heterocycles. The summed E-state index contributed by atoms with van der Waals surface area (Å²) in [5, 5.41) is 0. The molecule has 0 spiro atoms. The summed E-state index contributed by atoms with van der Waals surface area (Å²) in [6, 6.07) is 0. The molecule has 88 valence electrons. The lowest BCUT2D eigenvalue weighted by atomic mass is 10.1. The maximum Gasteiger partial charge on any atom is 0.573 e. The molecule has 7 heteroatoms. The quantitative estimate of drug-likeness (QED) is 0.806. The van der Waals surface area contributed by atoms with Crippen LogP contribution in [0.3, 0.4) is 0 Å². The van der Waals surface area contributed by atoms with Crippen LogP contribution < -0.4 is 10.5 Å². The Bertz CT molecular complexity index is 404. The third-order valence-electron chi connectivity index (χ3n) is 1.93. The van der Waals surface area contributed by atoms with Gasteiger partial charge in [-0.25, -0.2) is 0 Å². The highest BCUT2D eigenvalue weighted by Crippen LogP contribution is 2.29. The Morgan fingerprint density at radius 3 is 2.62 bits per heavy atom. The number of nitrogens with zero attached hydrogens (tertiary/aromatic N) is 1. The first kappa shape index (κ1) is 12.4. The first-order chi connectivity index (χ1) is 7.39. The first-order valence-electron chi connectivity index (χ1n) is 4.28. The highest BCUT2D eigenvalue weighted by molar-refractivity contribution is 5.78. The topological polar surface area (TPSA) is 65.2 Å². The smallest absolute Gasteiger partial charge is 0.403 e. The van der Waals surface area contributed by atoms with Crippen molar-refractivity contribution in [2.75, 3.05) is 0 Å². The molecule has 1 aromatic rings. The molecule has 2 N–H and O–H groups in total. The molecule has 0 saturated carbocycles. The Morgan fingerprint density at radius 1 is 1.56 bits per heavy atom. The molecule has 0 radical (unpaired) electrons. The second kappa shape index (κ2) is 4.48. The van der Waals surface area contributed by atoms with Crippen LogP contribution in [0.1, 0.15) is 21.6 Å². The van der Waals surface area contributed by atoms with Gasteiger partial charge >= 0.3 is 6.36 Å². The van der Waals surface area contributed by atoms with E-state index in [0.717, 1.165) is 6.20 Å². The molecule has 0 atom stereocenters. The molecule has 0 saturated heterocycles. The van der Waals surface area contributed by atoms with Gasteiger partial charge in [0.05, 0.1) is 5.69 Å². The normalized spacial score (nSPS) is 11.3. The Morgan fingerprint density at radius 2 is 2.19 bits per heavy atom. The van der Waals surface area contributed by atoms with Gasteiger partial charge < -0.3 is 10.5 Å². The van der Waals surface area contributed by atoms with Crippen LogP contribution in [-0.4, -0.2) is 17.6 Å². The number of carbonyl (C=O) groups excluding carboxylic acids is 1. The average Bonchev–Trinajstić information content (AvgIpc) is 2.19. The van der Waals surface area contributed by atoms with Crippen molar-refractivity contribution >= 4 is 6.29 Å².